The number of amides is 1. The van der Waals surface area contributed by atoms with E-state index in [2.05, 4.69) is 5.32 Å². The zero-order valence-electron chi connectivity index (χ0n) is 13.9. The monoisotopic (exact) mass is 370 g/mol. The molecule has 2 aromatic rings. The molecule has 3 rings (SSSR count). The molecule has 6 nitrogen and oxygen atoms in total. The Morgan fingerprint density at radius 3 is 2.73 bits per heavy atom. The highest BCUT2D eigenvalue weighted by molar-refractivity contribution is 6.30. The van der Waals surface area contributed by atoms with E-state index < -0.39 is 5.91 Å². The van der Waals surface area contributed by atoms with E-state index in [4.69, 9.17) is 25.8 Å². The highest BCUT2D eigenvalue weighted by Crippen LogP contribution is 2.33. The average Bonchev–Trinajstić information content (AvgIpc) is 2.66. The first-order valence-corrected chi connectivity index (χ1v) is 8.15. The molecule has 7 heteroatoms. The van der Waals surface area contributed by atoms with Gasteiger partial charge in [0.2, 0.25) is 0 Å². The van der Waals surface area contributed by atoms with Gasteiger partial charge in [0.05, 0.1) is 7.11 Å². The lowest BCUT2D eigenvalue weighted by molar-refractivity contribution is -0.112. The Labute approximate surface area is 155 Å². The second kappa shape index (κ2) is 7.81. The molecule has 0 unspecified atom stereocenters. The van der Waals surface area contributed by atoms with E-state index in [9.17, 15) is 10.1 Å². The van der Waals surface area contributed by atoms with E-state index in [1.807, 2.05) is 6.07 Å². The summed E-state index contributed by atoms with van der Waals surface area (Å²) in [5.74, 6) is 1.13. The first-order valence-electron chi connectivity index (χ1n) is 7.77. The summed E-state index contributed by atoms with van der Waals surface area (Å²) in [4.78, 5) is 12.5. The second-order valence-corrected chi connectivity index (χ2v) is 5.81. The van der Waals surface area contributed by atoms with Crippen molar-refractivity contribution in [3.05, 3.63) is 52.6 Å². The highest BCUT2D eigenvalue weighted by atomic mass is 35.5. The Hall–Kier alpha value is -3.17. The van der Waals surface area contributed by atoms with Crippen molar-refractivity contribution < 1.29 is 19.0 Å². The predicted octanol–water partition coefficient (Wildman–Crippen LogP) is 3.67. The van der Waals surface area contributed by atoms with E-state index >= 15 is 0 Å². The maximum Gasteiger partial charge on any atom is 0.266 e. The Morgan fingerprint density at radius 1 is 1.23 bits per heavy atom. The summed E-state index contributed by atoms with van der Waals surface area (Å²) in [6, 6.07) is 11.9. The quantitative estimate of drug-likeness (QED) is 0.656. The van der Waals surface area contributed by atoms with Gasteiger partial charge in [0.25, 0.3) is 5.91 Å². The van der Waals surface area contributed by atoms with E-state index in [0.29, 0.717) is 46.7 Å². The molecule has 1 aliphatic rings. The van der Waals surface area contributed by atoms with E-state index in [-0.39, 0.29) is 5.57 Å². The summed E-state index contributed by atoms with van der Waals surface area (Å²) in [6.45, 7) is 0.934. The van der Waals surface area contributed by atoms with Crippen molar-refractivity contribution in [2.24, 2.45) is 0 Å². The molecule has 0 aromatic heterocycles. The predicted molar refractivity (Wildman–Crippen MR) is 97.7 cm³/mol. The van der Waals surface area contributed by atoms with Crippen LogP contribution in [0.3, 0.4) is 0 Å². The Balaban J connectivity index is 1.84. The van der Waals surface area contributed by atoms with Crippen LogP contribution >= 0.6 is 11.6 Å². The first-order chi connectivity index (χ1) is 12.6. The van der Waals surface area contributed by atoms with Crippen LogP contribution in [0.4, 0.5) is 5.69 Å². The van der Waals surface area contributed by atoms with Crippen molar-refractivity contribution in [2.75, 3.05) is 25.6 Å². The molecule has 0 spiro atoms. The number of nitriles is 1. The first kappa shape index (κ1) is 17.6. The Bertz CT molecular complexity index is 918. The maximum absolute atomic E-state index is 12.5. The zero-order valence-corrected chi connectivity index (χ0v) is 14.7. The van der Waals surface area contributed by atoms with E-state index in [1.165, 1.54) is 13.2 Å². The lowest BCUT2D eigenvalue weighted by atomic mass is 10.1. The Kier molecular flexibility index (Phi) is 5.30. The fourth-order valence-corrected chi connectivity index (χ4v) is 2.62. The van der Waals surface area contributed by atoms with Gasteiger partial charge in [0.1, 0.15) is 30.6 Å². The number of anilines is 1. The number of carbonyl (C=O) groups excluding carboxylic acids is 1. The average molecular weight is 371 g/mol. The summed E-state index contributed by atoms with van der Waals surface area (Å²) >= 11 is 5.98. The topological polar surface area (TPSA) is 80.6 Å². The van der Waals surface area contributed by atoms with Gasteiger partial charge in [-0.3, -0.25) is 4.79 Å². The molecule has 0 saturated heterocycles. The van der Waals surface area contributed by atoms with Crippen LogP contribution in [-0.2, 0) is 4.79 Å². The molecule has 1 aliphatic heterocycles. The van der Waals surface area contributed by atoms with Crippen molar-refractivity contribution in [1.82, 2.24) is 0 Å². The number of carbonyl (C=O) groups is 1. The minimum Gasteiger partial charge on any atom is -0.496 e. The lowest BCUT2D eigenvalue weighted by Gasteiger charge is -2.18. The molecule has 0 radical (unpaired) electrons. The second-order valence-electron chi connectivity index (χ2n) is 5.37. The molecular formula is C19H15ClN2O4. The number of methoxy groups -OCH3 is 1. The number of nitrogens with zero attached hydrogens (tertiary/aromatic N) is 1. The summed E-state index contributed by atoms with van der Waals surface area (Å²) in [7, 11) is 1.50. The van der Waals surface area contributed by atoms with Gasteiger partial charge in [-0.2, -0.15) is 5.26 Å². The minimum absolute atomic E-state index is 0.0829. The number of halogens is 1. The van der Waals surface area contributed by atoms with Crippen molar-refractivity contribution in [3.8, 4) is 23.3 Å². The fourth-order valence-electron chi connectivity index (χ4n) is 2.44. The molecule has 0 fully saturated rings. The molecule has 0 saturated carbocycles. The molecule has 0 bridgehead atoms. The third-order valence-electron chi connectivity index (χ3n) is 3.66. The fraction of sp³-hybridized carbons (Fsp3) is 0.158. The summed E-state index contributed by atoms with van der Waals surface area (Å²) < 4.78 is 16.2. The summed E-state index contributed by atoms with van der Waals surface area (Å²) in [6.07, 6.45) is 1.43. The molecule has 1 amide bonds. The van der Waals surface area contributed by atoms with E-state index in [1.54, 1.807) is 36.4 Å². The third kappa shape index (κ3) is 3.90. The smallest absolute Gasteiger partial charge is 0.266 e. The van der Waals surface area contributed by atoms with Gasteiger partial charge in [0, 0.05) is 22.3 Å². The summed E-state index contributed by atoms with van der Waals surface area (Å²) in [5, 5.41) is 12.5. The van der Waals surface area contributed by atoms with Crippen LogP contribution in [0, 0.1) is 11.3 Å². The van der Waals surface area contributed by atoms with Gasteiger partial charge in [-0.25, -0.2) is 0 Å². The zero-order chi connectivity index (χ0) is 18.5. The highest BCUT2D eigenvalue weighted by Gasteiger charge is 2.15. The SMILES string of the molecule is COc1ccc(Cl)cc1/C=C(\C#N)C(=O)Nc1ccc2c(c1)OCCO2. The van der Waals surface area contributed by atoms with Crippen LogP contribution in [0.15, 0.2) is 42.0 Å². The van der Waals surface area contributed by atoms with Gasteiger partial charge >= 0.3 is 0 Å². The number of rotatable bonds is 4. The van der Waals surface area contributed by atoms with Crippen molar-refractivity contribution in [3.63, 3.8) is 0 Å². The number of nitrogens with one attached hydrogen (secondary N) is 1. The normalized spacial score (nSPS) is 12.9. The number of hydrogen-bond donors (Lipinski definition) is 1. The maximum atomic E-state index is 12.5. The van der Waals surface area contributed by atoms with Crippen LogP contribution in [0.5, 0.6) is 17.2 Å². The van der Waals surface area contributed by atoms with Gasteiger partial charge in [-0.1, -0.05) is 11.6 Å². The third-order valence-corrected chi connectivity index (χ3v) is 3.89. The minimum atomic E-state index is -0.550. The summed E-state index contributed by atoms with van der Waals surface area (Å²) in [5.41, 5.74) is 0.952. The van der Waals surface area contributed by atoms with Crippen LogP contribution in [-0.4, -0.2) is 26.2 Å². The van der Waals surface area contributed by atoms with Gasteiger partial charge in [-0.15, -0.1) is 0 Å². The molecule has 2 aromatic carbocycles. The molecule has 132 valence electrons. The van der Waals surface area contributed by atoms with Gasteiger partial charge in [0.15, 0.2) is 11.5 Å². The van der Waals surface area contributed by atoms with Gasteiger partial charge in [-0.05, 0) is 36.4 Å². The molecule has 1 heterocycles. The van der Waals surface area contributed by atoms with Gasteiger partial charge < -0.3 is 19.5 Å². The van der Waals surface area contributed by atoms with Crippen molar-refractivity contribution in [1.29, 1.82) is 5.26 Å². The van der Waals surface area contributed by atoms with Crippen LogP contribution in [0.2, 0.25) is 5.02 Å². The number of hydrogen-bond acceptors (Lipinski definition) is 5. The lowest BCUT2D eigenvalue weighted by Crippen LogP contribution is -2.17. The number of benzene rings is 2. The van der Waals surface area contributed by atoms with E-state index in [0.717, 1.165) is 0 Å². The molecule has 1 N–H and O–H groups in total. The molecule has 0 aliphatic carbocycles. The molecule has 26 heavy (non-hydrogen) atoms. The molecular weight excluding hydrogens is 356 g/mol. The molecule has 0 atom stereocenters. The van der Waals surface area contributed by atoms with Crippen LogP contribution < -0.4 is 19.5 Å². The Morgan fingerprint density at radius 2 is 2.00 bits per heavy atom. The van der Waals surface area contributed by atoms with Crippen LogP contribution in [0.1, 0.15) is 5.56 Å². The standard InChI is InChI=1S/C19H15ClN2O4/c1-24-16-4-2-14(20)9-12(16)8-13(11-21)19(23)22-15-3-5-17-18(10-15)26-7-6-25-17/h2-5,8-10H,6-7H2,1H3,(H,22,23)/b13-8+. The van der Waals surface area contributed by atoms with Crippen molar-refractivity contribution >= 4 is 29.3 Å². The number of ether oxygens (including phenoxy) is 3. The van der Waals surface area contributed by atoms with Crippen LogP contribution in [0.25, 0.3) is 6.08 Å². The van der Waals surface area contributed by atoms with Crippen molar-refractivity contribution in [2.45, 2.75) is 0 Å². The number of fused-ring (bicyclic) bond motifs is 1. The largest absolute Gasteiger partial charge is 0.496 e.